The van der Waals surface area contributed by atoms with Crippen molar-refractivity contribution in [2.45, 2.75) is 33.3 Å². The molecule has 0 aliphatic heterocycles. The number of fused-ring (bicyclic) bond motifs is 1. The lowest BCUT2D eigenvalue weighted by atomic mass is 10.0. The zero-order valence-electron chi connectivity index (χ0n) is 16.0. The molecule has 0 saturated heterocycles. The first-order valence-corrected chi connectivity index (χ1v) is 8.99. The van der Waals surface area contributed by atoms with Crippen molar-refractivity contribution in [3.05, 3.63) is 69.6 Å². The number of aryl methyl sites for hydroxylation is 1. The Morgan fingerprint density at radius 2 is 1.86 bits per heavy atom. The molecule has 28 heavy (non-hydrogen) atoms. The molecule has 0 fully saturated rings. The van der Waals surface area contributed by atoms with E-state index < -0.39 is 11.6 Å². The molecule has 0 aliphatic rings. The molecule has 0 saturated carbocycles. The fourth-order valence-corrected chi connectivity index (χ4v) is 2.83. The average Bonchev–Trinajstić information content (AvgIpc) is 2.68. The Morgan fingerprint density at radius 3 is 2.54 bits per heavy atom. The first-order valence-electron chi connectivity index (χ1n) is 8.99. The number of hydrogen-bond acceptors (Lipinski definition) is 6. The minimum absolute atomic E-state index is 0.0293. The summed E-state index contributed by atoms with van der Waals surface area (Å²) in [4.78, 5) is 23.8. The molecular formula is C22H22O6. The maximum atomic E-state index is 12.0. The summed E-state index contributed by atoms with van der Waals surface area (Å²) in [5.74, 6) is 0.479. The highest BCUT2D eigenvalue weighted by Gasteiger charge is 2.13. The van der Waals surface area contributed by atoms with Gasteiger partial charge in [-0.25, -0.2) is 9.59 Å². The number of hydrogen-bond donors (Lipinski definition) is 1. The number of benzene rings is 2. The lowest BCUT2D eigenvalue weighted by Gasteiger charge is -2.10. The molecule has 0 bridgehead atoms. The molecule has 2 aromatic carbocycles. The van der Waals surface area contributed by atoms with Gasteiger partial charge in [-0.05, 0) is 42.7 Å². The summed E-state index contributed by atoms with van der Waals surface area (Å²) < 4.78 is 15.9. The van der Waals surface area contributed by atoms with Gasteiger partial charge in [0.1, 0.15) is 23.7 Å². The summed E-state index contributed by atoms with van der Waals surface area (Å²) >= 11 is 0. The largest absolute Gasteiger partial charge is 0.508 e. The van der Waals surface area contributed by atoms with E-state index in [1.807, 2.05) is 24.3 Å². The summed E-state index contributed by atoms with van der Waals surface area (Å²) in [6, 6.07) is 11.9. The Balaban J connectivity index is 1.64. The van der Waals surface area contributed by atoms with Gasteiger partial charge in [-0.3, -0.25) is 0 Å². The topological polar surface area (TPSA) is 86.0 Å². The highest BCUT2D eigenvalue weighted by atomic mass is 16.6. The van der Waals surface area contributed by atoms with E-state index in [1.54, 1.807) is 13.0 Å². The quantitative estimate of drug-likeness (QED) is 0.511. The molecule has 6 heteroatoms. The van der Waals surface area contributed by atoms with E-state index in [2.05, 4.69) is 13.8 Å². The molecule has 0 amide bonds. The Kier molecular flexibility index (Phi) is 5.68. The summed E-state index contributed by atoms with van der Waals surface area (Å²) in [6.45, 7) is 5.52. The molecular weight excluding hydrogens is 360 g/mol. The van der Waals surface area contributed by atoms with Crippen LogP contribution in [0.4, 0.5) is 0 Å². The summed E-state index contributed by atoms with van der Waals surface area (Å²) in [5, 5.41) is 10.4. The Hall–Kier alpha value is -3.28. The van der Waals surface area contributed by atoms with Crippen molar-refractivity contribution < 1.29 is 23.8 Å². The Labute approximate surface area is 162 Å². The van der Waals surface area contributed by atoms with E-state index in [4.69, 9.17) is 13.9 Å². The van der Waals surface area contributed by atoms with E-state index in [0.29, 0.717) is 28.2 Å². The van der Waals surface area contributed by atoms with Crippen LogP contribution >= 0.6 is 0 Å². The maximum Gasteiger partial charge on any atom is 0.344 e. The molecule has 1 aromatic heterocycles. The fourth-order valence-electron chi connectivity index (χ4n) is 2.83. The third-order valence-corrected chi connectivity index (χ3v) is 4.51. The van der Waals surface area contributed by atoms with E-state index in [1.165, 1.54) is 17.7 Å². The molecule has 146 valence electrons. The predicted octanol–water partition coefficient (Wildman–Crippen LogP) is 4.05. The predicted molar refractivity (Wildman–Crippen MR) is 105 cm³/mol. The number of carbonyl (C=O) groups is 1. The third-order valence-electron chi connectivity index (χ3n) is 4.51. The van der Waals surface area contributed by atoms with Crippen LogP contribution in [0.15, 0.2) is 51.7 Å². The lowest BCUT2D eigenvalue weighted by molar-refractivity contribution is -0.147. The minimum atomic E-state index is -0.575. The first-order chi connectivity index (χ1) is 13.3. The summed E-state index contributed by atoms with van der Waals surface area (Å²) in [7, 11) is 0. The molecule has 0 atom stereocenters. The second-order valence-electron chi connectivity index (χ2n) is 6.85. The molecule has 0 unspecified atom stereocenters. The number of carbonyl (C=O) groups excluding carboxylic acids is 1. The Bertz CT molecular complexity index is 1050. The van der Waals surface area contributed by atoms with Crippen molar-refractivity contribution in [2.24, 2.45) is 0 Å². The van der Waals surface area contributed by atoms with Crippen LogP contribution in [0.3, 0.4) is 0 Å². The Morgan fingerprint density at radius 1 is 1.14 bits per heavy atom. The second kappa shape index (κ2) is 8.17. The van der Waals surface area contributed by atoms with Crippen LogP contribution in [0.2, 0.25) is 0 Å². The van der Waals surface area contributed by atoms with Crippen LogP contribution in [-0.4, -0.2) is 17.7 Å². The minimum Gasteiger partial charge on any atom is -0.508 e. The van der Waals surface area contributed by atoms with Crippen LogP contribution in [0.1, 0.15) is 36.5 Å². The van der Waals surface area contributed by atoms with Gasteiger partial charge in [0.15, 0.2) is 6.61 Å². The van der Waals surface area contributed by atoms with Crippen molar-refractivity contribution in [3.8, 4) is 11.5 Å². The second-order valence-corrected chi connectivity index (χ2v) is 6.85. The average molecular weight is 382 g/mol. The highest BCUT2D eigenvalue weighted by Crippen LogP contribution is 2.27. The monoisotopic (exact) mass is 382 g/mol. The number of aromatic hydroxyl groups is 1. The van der Waals surface area contributed by atoms with Gasteiger partial charge in [0.05, 0.1) is 0 Å². The van der Waals surface area contributed by atoms with Gasteiger partial charge in [0, 0.05) is 22.6 Å². The van der Waals surface area contributed by atoms with Crippen molar-refractivity contribution >= 4 is 16.9 Å². The van der Waals surface area contributed by atoms with Crippen LogP contribution < -0.4 is 10.4 Å². The molecule has 1 heterocycles. The van der Waals surface area contributed by atoms with Gasteiger partial charge in [0.25, 0.3) is 0 Å². The molecule has 0 spiro atoms. The number of phenolic OH excluding ortho intramolecular Hbond substituents is 1. The van der Waals surface area contributed by atoms with Gasteiger partial charge < -0.3 is 19.0 Å². The van der Waals surface area contributed by atoms with E-state index in [0.717, 1.165) is 0 Å². The van der Waals surface area contributed by atoms with Crippen LogP contribution in [-0.2, 0) is 16.1 Å². The third kappa shape index (κ3) is 4.34. The zero-order chi connectivity index (χ0) is 20.3. The van der Waals surface area contributed by atoms with Crippen molar-refractivity contribution in [1.82, 2.24) is 0 Å². The standard InChI is InChI=1S/C22H22O6/c1-13(2)15-4-6-17(7-5-15)26-12-21(25)27-11-16-10-20(24)28-22-14(3)19(23)9-8-18(16)22/h4-10,13,23H,11-12H2,1-3H3. The van der Waals surface area contributed by atoms with E-state index in [9.17, 15) is 14.7 Å². The SMILES string of the molecule is Cc1c(O)ccc2c(COC(=O)COc3ccc(C(C)C)cc3)cc(=O)oc12. The summed E-state index contributed by atoms with van der Waals surface area (Å²) in [5.41, 5.74) is 1.85. The van der Waals surface area contributed by atoms with E-state index in [-0.39, 0.29) is 24.5 Å². The van der Waals surface area contributed by atoms with Gasteiger partial charge in [-0.2, -0.15) is 0 Å². The molecule has 0 radical (unpaired) electrons. The number of esters is 1. The van der Waals surface area contributed by atoms with Crippen molar-refractivity contribution in [2.75, 3.05) is 6.61 Å². The van der Waals surface area contributed by atoms with Gasteiger partial charge >= 0.3 is 11.6 Å². The number of phenols is 1. The smallest absolute Gasteiger partial charge is 0.344 e. The fraction of sp³-hybridized carbons (Fsp3) is 0.273. The summed E-state index contributed by atoms with van der Waals surface area (Å²) in [6.07, 6.45) is 0. The van der Waals surface area contributed by atoms with Crippen molar-refractivity contribution in [1.29, 1.82) is 0 Å². The van der Waals surface area contributed by atoms with Crippen LogP contribution in [0.5, 0.6) is 11.5 Å². The van der Waals surface area contributed by atoms with Crippen LogP contribution in [0, 0.1) is 6.92 Å². The van der Waals surface area contributed by atoms with Gasteiger partial charge in [-0.1, -0.05) is 26.0 Å². The lowest BCUT2D eigenvalue weighted by Crippen LogP contribution is -2.15. The number of rotatable bonds is 6. The molecule has 1 N–H and O–H groups in total. The van der Waals surface area contributed by atoms with E-state index >= 15 is 0 Å². The molecule has 0 aliphatic carbocycles. The number of ether oxygens (including phenoxy) is 2. The van der Waals surface area contributed by atoms with Crippen molar-refractivity contribution in [3.63, 3.8) is 0 Å². The normalized spacial score (nSPS) is 11.0. The maximum absolute atomic E-state index is 12.0. The molecule has 3 aromatic rings. The zero-order valence-corrected chi connectivity index (χ0v) is 16.0. The highest BCUT2D eigenvalue weighted by molar-refractivity contribution is 5.85. The van der Waals surface area contributed by atoms with Gasteiger partial charge in [-0.15, -0.1) is 0 Å². The molecule has 3 rings (SSSR count). The molecule has 6 nitrogen and oxygen atoms in total. The van der Waals surface area contributed by atoms with Gasteiger partial charge in [0.2, 0.25) is 0 Å². The van der Waals surface area contributed by atoms with Crippen LogP contribution in [0.25, 0.3) is 11.0 Å². The first kappa shape index (κ1) is 19.5.